The fourth-order valence-electron chi connectivity index (χ4n) is 4.67. The molecule has 1 aromatic carbocycles. The second-order valence-corrected chi connectivity index (χ2v) is 7.94. The smallest absolute Gasteiger partial charge is 0.0532 e. The van der Waals surface area contributed by atoms with Gasteiger partial charge in [0.15, 0.2) is 0 Å². The van der Waals surface area contributed by atoms with E-state index in [0.29, 0.717) is 0 Å². The van der Waals surface area contributed by atoms with E-state index in [4.69, 9.17) is 11.6 Å². The van der Waals surface area contributed by atoms with Crippen molar-refractivity contribution in [3.05, 3.63) is 64.1 Å². The van der Waals surface area contributed by atoms with Gasteiger partial charge in [0.2, 0.25) is 0 Å². The number of pyridine rings is 1. The van der Waals surface area contributed by atoms with Gasteiger partial charge >= 0.3 is 0 Å². The lowest BCUT2D eigenvalue weighted by Crippen LogP contribution is -2.27. The van der Waals surface area contributed by atoms with E-state index in [1.165, 1.54) is 44.6 Å². The zero-order valence-corrected chi connectivity index (χ0v) is 16.0. The maximum absolute atomic E-state index is 6.34. The SMILES string of the molecule is C/C(=C1/CCc2cnccc21)n1c2c(c3cc(Cl)ccc31)CN(C)CC2. The van der Waals surface area contributed by atoms with Crippen molar-refractivity contribution in [3.8, 4) is 0 Å². The van der Waals surface area contributed by atoms with Crippen LogP contribution in [0.1, 0.15) is 35.7 Å². The summed E-state index contributed by atoms with van der Waals surface area (Å²) in [6.07, 6.45) is 7.19. The first-order chi connectivity index (χ1) is 12.6. The zero-order chi connectivity index (χ0) is 17.8. The molecular weight excluding hydrogens is 342 g/mol. The largest absolute Gasteiger partial charge is 0.317 e. The highest BCUT2D eigenvalue weighted by atomic mass is 35.5. The van der Waals surface area contributed by atoms with E-state index in [0.717, 1.165) is 37.4 Å². The summed E-state index contributed by atoms with van der Waals surface area (Å²) < 4.78 is 2.50. The normalized spacial score (nSPS) is 18.9. The number of aromatic nitrogens is 2. The summed E-state index contributed by atoms with van der Waals surface area (Å²) in [4.78, 5) is 6.70. The van der Waals surface area contributed by atoms with Gasteiger partial charge in [-0.05, 0) is 73.3 Å². The van der Waals surface area contributed by atoms with E-state index >= 15 is 0 Å². The predicted molar refractivity (Wildman–Crippen MR) is 108 cm³/mol. The Kier molecular flexibility index (Phi) is 3.70. The molecule has 3 nitrogen and oxygen atoms in total. The van der Waals surface area contributed by atoms with Crippen molar-refractivity contribution in [3.63, 3.8) is 0 Å². The number of halogens is 1. The van der Waals surface area contributed by atoms with Crippen molar-refractivity contribution in [1.82, 2.24) is 14.5 Å². The van der Waals surface area contributed by atoms with Crippen molar-refractivity contribution < 1.29 is 0 Å². The first-order valence-corrected chi connectivity index (χ1v) is 9.65. The third-order valence-corrected chi connectivity index (χ3v) is 6.18. The highest BCUT2D eigenvalue weighted by Crippen LogP contribution is 2.40. The number of benzene rings is 1. The number of hydrogen-bond acceptors (Lipinski definition) is 2. The molecule has 26 heavy (non-hydrogen) atoms. The summed E-state index contributed by atoms with van der Waals surface area (Å²) in [6.45, 7) is 4.36. The van der Waals surface area contributed by atoms with Gasteiger partial charge in [-0.15, -0.1) is 0 Å². The fourth-order valence-corrected chi connectivity index (χ4v) is 4.85. The third kappa shape index (κ3) is 2.34. The van der Waals surface area contributed by atoms with Gasteiger partial charge in [0.25, 0.3) is 0 Å². The molecule has 132 valence electrons. The van der Waals surface area contributed by atoms with E-state index in [1.807, 2.05) is 18.5 Å². The molecule has 5 rings (SSSR count). The highest BCUT2D eigenvalue weighted by molar-refractivity contribution is 6.31. The Labute approximate surface area is 158 Å². The van der Waals surface area contributed by atoms with Crippen LogP contribution < -0.4 is 0 Å². The summed E-state index contributed by atoms with van der Waals surface area (Å²) >= 11 is 6.34. The Morgan fingerprint density at radius 2 is 2.04 bits per heavy atom. The van der Waals surface area contributed by atoms with Gasteiger partial charge in [-0.1, -0.05) is 11.6 Å². The minimum absolute atomic E-state index is 0.813. The molecule has 4 heteroatoms. The summed E-state index contributed by atoms with van der Waals surface area (Å²) in [5, 5.41) is 2.11. The van der Waals surface area contributed by atoms with Crippen LogP contribution in [0.4, 0.5) is 0 Å². The second-order valence-electron chi connectivity index (χ2n) is 7.51. The van der Waals surface area contributed by atoms with Crippen LogP contribution in [0.5, 0.6) is 0 Å². The Morgan fingerprint density at radius 3 is 2.92 bits per heavy atom. The van der Waals surface area contributed by atoms with E-state index in [1.54, 1.807) is 0 Å². The van der Waals surface area contributed by atoms with Gasteiger partial charge in [0.05, 0.1) is 5.52 Å². The third-order valence-electron chi connectivity index (χ3n) is 5.95. The molecule has 1 aliphatic heterocycles. The zero-order valence-electron chi connectivity index (χ0n) is 15.2. The number of likely N-dealkylation sites (N-methyl/N-ethyl adjacent to an activating group) is 1. The summed E-state index contributed by atoms with van der Waals surface area (Å²) in [5.41, 5.74) is 9.72. The van der Waals surface area contributed by atoms with Gasteiger partial charge in [0.1, 0.15) is 0 Å². The van der Waals surface area contributed by atoms with Crippen molar-refractivity contribution in [2.45, 2.75) is 32.7 Å². The van der Waals surface area contributed by atoms with Crippen molar-refractivity contribution in [1.29, 1.82) is 0 Å². The average molecular weight is 364 g/mol. The molecule has 2 aromatic heterocycles. The van der Waals surface area contributed by atoms with Crippen LogP contribution in [0.25, 0.3) is 22.2 Å². The van der Waals surface area contributed by atoms with Crippen LogP contribution in [0.15, 0.2) is 36.7 Å². The molecular formula is C22H22ClN3. The molecule has 0 unspecified atom stereocenters. The van der Waals surface area contributed by atoms with E-state index in [-0.39, 0.29) is 0 Å². The molecule has 0 saturated heterocycles. The monoisotopic (exact) mass is 363 g/mol. The number of hydrogen-bond donors (Lipinski definition) is 0. The van der Waals surface area contributed by atoms with Gasteiger partial charge < -0.3 is 9.47 Å². The summed E-state index contributed by atoms with van der Waals surface area (Å²) in [5.74, 6) is 0. The maximum atomic E-state index is 6.34. The summed E-state index contributed by atoms with van der Waals surface area (Å²) in [7, 11) is 2.20. The summed E-state index contributed by atoms with van der Waals surface area (Å²) in [6, 6.07) is 8.50. The molecule has 0 atom stereocenters. The molecule has 0 fully saturated rings. The number of nitrogens with zero attached hydrogens (tertiary/aromatic N) is 3. The Hall–Kier alpha value is -2.10. The van der Waals surface area contributed by atoms with E-state index in [9.17, 15) is 0 Å². The number of allylic oxidation sites excluding steroid dienone is 2. The second kappa shape index (κ2) is 5.97. The maximum Gasteiger partial charge on any atom is 0.0532 e. The number of aryl methyl sites for hydroxylation is 1. The first-order valence-electron chi connectivity index (χ1n) is 9.27. The Morgan fingerprint density at radius 1 is 1.15 bits per heavy atom. The molecule has 1 aliphatic carbocycles. The van der Waals surface area contributed by atoms with Crippen LogP contribution in [-0.4, -0.2) is 28.0 Å². The Bertz CT molecular complexity index is 1060. The quantitative estimate of drug-likeness (QED) is 0.605. The van der Waals surface area contributed by atoms with Crippen LogP contribution in [0, 0.1) is 0 Å². The van der Waals surface area contributed by atoms with Crippen LogP contribution in [-0.2, 0) is 19.4 Å². The van der Waals surface area contributed by atoms with Crippen molar-refractivity contribution in [2.75, 3.05) is 13.6 Å². The van der Waals surface area contributed by atoms with Gasteiger partial charge in [-0.25, -0.2) is 0 Å². The van der Waals surface area contributed by atoms with Gasteiger partial charge in [-0.2, -0.15) is 0 Å². The minimum Gasteiger partial charge on any atom is -0.317 e. The van der Waals surface area contributed by atoms with Crippen molar-refractivity contribution in [2.24, 2.45) is 0 Å². The molecule has 2 aliphatic rings. The molecule has 3 aromatic rings. The molecule has 0 saturated carbocycles. The average Bonchev–Trinajstić information content (AvgIpc) is 3.20. The van der Waals surface area contributed by atoms with Crippen molar-refractivity contribution >= 4 is 33.8 Å². The van der Waals surface area contributed by atoms with E-state index < -0.39 is 0 Å². The molecule has 0 bridgehead atoms. The number of rotatable bonds is 1. The molecule has 3 heterocycles. The molecule has 0 amide bonds. The fraction of sp³-hybridized carbons (Fsp3) is 0.318. The first kappa shape index (κ1) is 16.1. The lowest BCUT2D eigenvalue weighted by atomic mass is 10.0. The molecule has 0 N–H and O–H groups in total. The standard InChI is InChI=1S/C22H22ClN3/c1-14(17-5-3-15-12-24-9-7-18(15)17)26-21-6-4-16(23)11-19(21)20-13-25(2)10-8-22(20)26/h4,6-7,9,11-12H,3,5,8,10,13H2,1-2H3/b17-14+. The predicted octanol–water partition coefficient (Wildman–Crippen LogP) is 5.01. The Balaban J connectivity index is 1.79. The minimum atomic E-state index is 0.813. The number of fused-ring (bicyclic) bond motifs is 4. The van der Waals surface area contributed by atoms with Gasteiger partial charge in [0, 0.05) is 53.7 Å². The molecule has 0 spiro atoms. The van der Waals surface area contributed by atoms with Crippen LogP contribution >= 0.6 is 11.6 Å². The van der Waals surface area contributed by atoms with Crippen LogP contribution in [0.2, 0.25) is 5.02 Å². The molecule has 0 radical (unpaired) electrons. The van der Waals surface area contributed by atoms with E-state index in [2.05, 4.69) is 46.6 Å². The topological polar surface area (TPSA) is 21.1 Å². The van der Waals surface area contributed by atoms with Crippen LogP contribution in [0.3, 0.4) is 0 Å². The van der Waals surface area contributed by atoms with Gasteiger partial charge in [-0.3, -0.25) is 4.98 Å². The lowest BCUT2D eigenvalue weighted by Gasteiger charge is -2.25. The lowest BCUT2D eigenvalue weighted by molar-refractivity contribution is 0.311. The highest BCUT2D eigenvalue weighted by Gasteiger charge is 2.26.